The number of nitrogens with one attached hydrogen (secondary N) is 1. The average molecular weight is 617 g/mol. The topological polar surface area (TPSA) is 127 Å². The van der Waals surface area contributed by atoms with Gasteiger partial charge in [0.1, 0.15) is 5.82 Å². The summed E-state index contributed by atoms with van der Waals surface area (Å²) in [5.74, 6) is -0.819. The molecule has 0 aliphatic carbocycles. The molecule has 0 spiro atoms. The molecule has 0 radical (unpaired) electrons. The highest BCUT2D eigenvalue weighted by atomic mass is 35.5. The second kappa shape index (κ2) is 23.4. The van der Waals surface area contributed by atoms with Crippen LogP contribution in [-0.4, -0.2) is 55.6 Å². The van der Waals surface area contributed by atoms with Crippen molar-refractivity contribution in [3.05, 3.63) is 75.9 Å². The average Bonchev–Trinajstić information content (AvgIpc) is 2.99. The summed E-state index contributed by atoms with van der Waals surface area (Å²) in [4.78, 5) is 40.5. The fourth-order valence-corrected chi connectivity index (χ4v) is 3.75. The molecule has 42 heavy (non-hydrogen) atoms. The highest BCUT2D eigenvalue weighted by Gasteiger charge is 2.22. The molecule has 1 heterocycles. The van der Waals surface area contributed by atoms with Gasteiger partial charge in [-0.15, -0.1) is 12.8 Å². The third-order valence-corrected chi connectivity index (χ3v) is 5.64. The molecule has 9 nitrogen and oxygen atoms in total. The second-order valence-electron chi connectivity index (χ2n) is 8.26. The Bertz CT molecular complexity index is 1220. The van der Waals surface area contributed by atoms with Gasteiger partial charge in [-0.05, 0) is 56.7 Å². The number of carbonyl (C=O) groups excluding carboxylic acids is 2. The van der Waals surface area contributed by atoms with Crippen molar-refractivity contribution < 1.29 is 19.5 Å². The maximum absolute atomic E-state index is 12.8. The Balaban J connectivity index is 0. The summed E-state index contributed by atoms with van der Waals surface area (Å²) in [6.45, 7) is 8.77. The fraction of sp³-hybridized carbons (Fsp3) is 0.323. The number of carbonyl (C=O) groups is 3. The minimum absolute atomic E-state index is 0.0889. The van der Waals surface area contributed by atoms with Crippen LogP contribution >= 0.6 is 23.2 Å². The molecule has 0 aliphatic heterocycles. The molecule has 0 saturated carbocycles. The molecule has 0 saturated heterocycles. The van der Waals surface area contributed by atoms with E-state index in [2.05, 4.69) is 29.2 Å². The smallest absolute Gasteiger partial charge is 0.337 e. The number of carboxylic acids is 1. The number of rotatable bonds is 10. The van der Waals surface area contributed by atoms with Gasteiger partial charge in [-0.25, -0.2) is 9.78 Å². The lowest BCUT2D eigenvalue weighted by Gasteiger charge is -2.28. The van der Waals surface area contributed by atoms with Crippen LogP contribution in [-0.2, 0) is 9.59 Å². The molecule has 2 N–H and O–H groups in total. The summed E-state index contributed by atoms with van der Waals surface area (Å²) in [5.41, 5.74) is 1.49. The zero-order chi connectivity index (χ0) is 32.7. The molecule has 1 aromatic heterocycles. The first-order valence-electron chi connectivity index (χ1n) is 12.8. The number of anilines is 2. The Hall–Kier alpha value is -4.31. The first kappa shape index (κ1) is 39.8. The number of aromatic nitrogens is 1. The van der Waals surface area contributed by atoms with Crippen molar-refractivity contribution in [2.45, 2.75) is 34.1 Å². The van der Waals surface area contributed by atoms with E-state index >= 15 is 0 Å². The fourth-order valence-electron chi connectivity index (χ4n) is 3.23. The highest BCUT2D eigenvalue weighted by molar-refractivity contribution is 6.35. The summed E-state index contributed by atoms with van der Waals surface area (Å²) in [5, 5.41) is 20.6. The van der Waals surface area contributed by atoms with Crippen molar-refractivity contribution in [3.63, 3.8) is 0 Å². The van der Waals surface area contributed by atoms with Gasteiger partial charge in [0.25, 0.3) is 0 Å². The predicted molar refractivity (Wildman–Crippen MR) is 172 cm³/mol. The molecule has 1 atom stereocenters. The highest BCUT2D eigenvalue weighted by Crippen LogP contribution is 2.26. The number of terminal acetylenes is 1. The van der Waals surface area contributed by atoms with Gasteiger partial charge in [-0.1, -0.05) is 49.2 Å². The normalized spacial score (nSPS) is 10.6. The van der Waals surface area contributed by atoms with Crippen molar-refractivity contribution in [3.8, 4) is 18.9 Å². The Morgan fingerprint density at radius 1 is 1.19 bits per heavy atom. The minimum atomic E-state index is -1.03. The number of halogens is 2. The number of pyridine rings is 1. The van der Waals surface area contributed by atoms with E-state index in [0.29, 0.717) is 41.1 Å². The Kier molecular flexibility index (Phi) is 22.2. The van der Waals surface area contributed by atoms with Gasteiger partial charge in [0, 0.05) is 54.7 Å². The number of hydrogen-bond donors (Lipinski definition) is 2. The predicted octanol–water partition coefficient (Wildman–Crippen LogP) is 6.25. The van der Waals surface area contributed by atoms with E-state index in [1.165, 1.54) is 17.2 Å². The van der Waals surface area contributed by atoms with Crippen molar-refractivity contribution >= 4 is 53.0 Å². The monoisotopic (exact) mass is 615 g/mol. The molecule has 2 amide bonds. The molecule has 1 aromatic carbocycles. The van der Waals surface area contributed by atoms with E-state index in [1.54, 1.807) is 38.4 Å². The van der Waals surface area contributed by atoms with Gasteiger partial charge in [0.15, 0.2) is 0 Å². The first-order valence-corrected chi connectivity index (χ1v) is 13.6. The second-order valence-corrected chi connectivity index (χ2v) is 9.13. The summed E-state index contributed by atoms with van der Waals surface area (Å²) >= 11 is 12.0. The van der Waals surface area contributed by atoms with E-state index in [1.807, 2.05) is 50.8 Å². The molecule has 226 valence electrons. The first-order chi connectivity index (χ1) is 20.0. The van der Waals surface area contributed by atoms with Crippen LogP contribution < -0.4 is 15.1 Å². The zero-order valence-corrected chi connectivity index (χ0v) is 26.4. The van der Waals surface area contributed by atoms with Crippen LogP contribution in [0.2, 0.25) is 10.0 Å². The molecule has 0 unspecified atom stereocenters. The molecular weight excluding hydrogens is 577 g/mol. The molecule has 11 heteroatoms. The number of hydrogen-bond acceptors (Lipinski definition) is 6. The van der Waals surface area contributed by atoms with Crippen molar-refractivity contribution in [2.24, 2.45) is 5.92 Å². The van der Waals surface area contributed by atoms with Crippen LogP contribution in [0.3, 0.4) is 0 Å². The third kappa shape index (κ3) is 15.5. The lowest BCUT2D eigenvalue weighted by Crippen LogP contribution is -2.39. The van der Waals surface area contributed by atoms with E-state index in [0.717, 1.165) is 12.0 Å². The lowest BCUT2D eigenvalue weighted by atomic mass is 10.1. The molecular formula is C31H39Cl2N5O4. The zero-order valence-electron chi connectivity index (χ0n) is 24.8. The van der Waals surface area contributed by atoms with Gasteiger partial charge in [-0.2, -0.15) is 5.26 Å². The van der Waals surface area contributed by atoms with Gasteiger partial charge in [0.2, 0.25) is 12.3 Å². The van der Waals surface area contributed by atoms with Gasteiger partial charge in [-0.3, -0.25) is 9.59 Å². The summed E-state index contributed by atoms with van der Waals surface area (Å²) in [6, 6.07) is 10.2. The van der Waals surface area contributed by atoms with Crippen molar-refractivity contribution in [1.82, 2.24) is 10.3 Å². The van der Waals surface area contributed by atoms with Crippen molar-refractivity contribution in [2.75, 3.05) is 37.0 Å². The van der Waals surface area contributed by atoms with Gasteiger partial charge < -0.3 is 20.2 Å². The summed E-state index contributed by atoms with van der Waals surface area (Å²) < 4.78 is 0. The van der Waals surface area contributed by atoms with Gasteiger partial charge in [0.05, 0.1) is 17.6 Å². The van der Waals surface area contributed by atoms with Crippen LogP contribution in [0.5, 0.6) is 0 Å². The molecule has 2 rings (SSSR count). The number of aromatic carboxylic acids is 1. The van der Waals surface area contributed by atoms with Crippen LogP contribution in [0.25, 0.3) is 0 Å². The number of amides is 2. The van der Waals surface area contributed by atoms with E-state index in [4.69, 9.17) is 38.4 Å². The lowest BCUT2D eigenvalue weighted by molar-refractivity contribution is -0.121. The Labute approximate surface area is 259 Å². The number of carboxylic acid groups (broad SMARTS) is 1. The quantitative estimate of drug-likeness (QED) is 0.140. The van der Waals surface area contributed by atoms with Crippen LogP contribution in [0.15, 0.2) is 60.3 Å². The van der Waals surface area contributed by atoms with Gasteiger partial charge >= 0.3 is 5.97 Å². The number of benzene rings is 1. The number of nitriles is 1. The standard InChI is InChI=1S/C19H21Cl2N3O3.C8H11N.C2H5NO.C2H2/c1-4-24(17-6-5-13(10-22-17)19(26)27)11-12(2)18(25)23(3)16-8-14(20)7-15(21)9-16;1-3-5-8(7-9)6-4-2;1-3-2-4;1-2/h5-10,12H,4,11H2,1-3H3,(H,26,27);3,5-6H,4H2,1-2H3;2H,1H3,(H,3,4);1-2H/b;5-3-,8-6+;;/t12-;;;/m1.../s1. The van der Waals surface area contributed by atoms with Crippen LogP contribution in [0, 0.1) is 30.1 Å². The molecule has 0 aliphatic rings. The number of nitrogens with zero attached hydrogens (tertiary/aromatic N) is 4. The molecule has 0 fully saturated rings. The Morgan fingerprint density at radius 3 is 2.14 bits per heavy atom. The third-order valence-electron chi connectivity index (χ3n) is 5.20. The van der Waals surface area contributed by atoms with E-state index in [-0.39, 0.29) is 17.4 Å². The maximum Gasteiger partial charge on any atom is 0.337 e. The number of allylic oxidation sites excluding steroid dienone is 4. The van der Waals surface area contributed by atoms with Crippen LogP contribution in [0.1, 0.15) is 44.5 Å². The van der Waals surface area contributed by atoms with Crippen molar-refractivity contribution in [1.29, 1.82) is 5.26 Å². The molecule has 0 bridgehead atoms. The SMILES string of the molecule is C#C.C/C=C\C(C#N)=C/CC.CCN(C[C@@H](C)C(=O)N(C)c1cc(Cl)cc(Cl)c1)c1ccc(C(=O)O)cn1.CNC=O. The maximum atomic E-state index is 12.8. The minimum Gasteiger partial charge on any atom is -0.478 e. The van der Waals surface area contributed by atoms with Crippen LogP contribution in [0.4, 0.5) is 11.5 Å². The summed E-state index contributed by atoms with van der Waals surface area (Å²) in [7, 11) is 3.24. The van der Waals surface area contributed by atoms with E-state index < -0.39 is 5.97 Å². The van der Waals surface area contributed by atoms with E-state index in [9.17, 15) is 9.59 Å². The summed E-state index contributed by atoms with van der Waals surface area (Å²) in [6.07, 6.45) is 16.4. The largest absolute Gasteiger partial charge is 0.478 e. The Morgan fingerprint density at radius 2 is 1.76 bits per heavy atom. The molecule has 2 aromatic rings.